The summed E-state index contributed by atoms with van der Waals surface area (Å²) >= 11 is 1.88. The van der Waals surface area contributed by atoms with Crippen LogP contribution in [0.3, 0.4) is 0 Å². The molecular weight excluding hydrogens is 232 g/mol. The van der Waals surface area contributed by atoms with Gasteiger partial charge in [0.15, 0.2) is 5.17 Å². The number of hydrogen-bond donors (Lipinski definition) is 1. The van der Waals surface area contributed by atoms with Crippen LogP contribution in [-0.2, 0) is 6.42 Å². The molecule has 94 valence electrons. The third-order valence-corrected chi connectivity index (χ3v) is 3.97. The third kappa shape index (κ3) is 3.80. The number of nitrogens with zero attached hydrogens (tertiary/aromatic N) is 1. The number of furan rings is 1. The standard InChI is InChI=1S/C13H20N2OS/c1-3-5-12-9-14-13(17-12)15-10(2)8-11-6-4-7-16-11/h4,6-7,10,12H,3,5,8-9H2,1-2H3,(H,14,15). The minimum Gasteiger partial charge on any atom is -0.469 e. The molecule has 2 atom stereocenters. The second-order valence-corrected chi connectivity index (χ2v) is 5.79. The maximum atomic E-state index is 5.34. The van der Waals surface area contributed by atoms with Gasteiger partial charge in [-0.05, 0) is 25.5 Å². The third-order valence-electron chi connectivity index (χ3n) is 2.78. The molecule has 0 spiro atoms. The number of aliphatic imine (C=N–C) groups is 1. The van der Waals surface area contributed by atoms with E-state index in [2.05, 4.69) is 24.2 Å². The highest BCUT2D eigenvalue weighted by atomic mass is 32.2. The Morgan fingerprint density at radius 3 is 3.24 bits per heavy atom. The van der Waals surface area contributed by atoms with Crippen LogP contribution in [0.1, 0.15) is 32.4 Å². The van der Waals surface area contributed by atoms with Crippen LogP contribution in [0, 0.1) is 0 Å². The predicted molar refractivity (Wildman–Crippen MR) is 73.6 cm³/mol. The lowest BCUT2D eigenvalue weighted by molar-refractivity contribution is 0.482. The van der Waals surface area contributed by atoms with E-state index in [-0.39, 0.29) is 0 Å². The van der Waals surface area contributed by atoms with E-state index < -0.39 is 0 Å². The Bertz CT molecular complexity index is 362. The van der Waals surface area contributed by atoms with Crippen LogP contribution < -0.4 is 5.32 Å². The summed E-state index contributed by atoms with van der Waals surface area (Å²) in [5, 5.41) is 5.24. The van der Waals surface area contributed by atoms with Gasteiger partial charge in [-0.3, -0.25) is 4.99 Å². The molecule has 0 bridgehead atoms. The average Bonchev–Trinajstić information content (AvgIpc) is 2.91. The van der Waals surface area contributed by atoms with Crippen LogP contribution in [0.4, 0.5) is 0 Å². The first kappa shape index (κ1) is 12.6. The van der Waals surface area contributed by atoms with E-state index in [4.69, 9.17) is 4.42 Å². The number of nitrogens with one attached hydrogen (secondary N) is 1. The minimum absolute atomic E-state index is 0.368. The van der Waals surface area contributed by atoms with E-state index in [1.54, 1.807) is 6.26 Å². The Labute approximate surface area is 107 Å². The molecule has 0 aromatic carbocycles. The van der Waals surface area contributed by atoms with Crippen molar-refractivity contribution in [2.24, 2.45) is 4.99 Å². The Morgan fingerprint density at radius 1 is 1.65 bits per heavy atom. The number of thioether (sulfide) groups is 1. The Balaban J connectivity index is 1.74. The van der Waals surface area contributed by atoms with Crippen LogP contribution in [-0.4, -0.2) is 23.0 Å². The normalized spacial score (nSPS) is 21.3. The van der Waals surface area contributed by atoms with E-state index in [0.717, 1.165) is 23.9 Å². The van der Waals surface area contributed by atoms with E-state index in [1.807, 2.05) is 23.9 Å². The number of rotatable bonds is 5. The summed E-state index contributed by atoms with van der Waals surface area (Å²) in [4.78, 5) is 4.54. The molecule has 1 aliphatic rings. The summed E-state index contributed by atoms with van der Waals surface area (Å²) in [6, 6.07) is 4.32. The maximum absolute atomic E-state index is 5.34. The first-order valence-electron chi connectivity index (χ1n) is 6.28. The maximum Gasteiger partial charge on any atom is 0.157 e. The summed E-state index contributed by atoms with van der Waals surface area (Å²) in [5.41, 5.74) is 0. The molecule has 3 nitrogen and oxygen atoms in total. The van der Waals surface area contributed by atoms with Crippen molar-refractivity contribution < 1.29 is 4.42 Å². The lowest BCUT2D eigenvalue weighted by atomic mass is 10.2. The molecule has 0 saturated heterocycles. The lowest BCUT2D eigenvalue weighted by Crippen LogP contribution is -2.31. The van der Waals surface area contributed by atoms with Crippen molar-refractivity contribution in [1.82, 2.24) is 5.32 Å². The Kier molecular flexibility index (Phi) is 4.54. The molecule has 1 aromatic rings. The second kappa shape index (κ2) is 6.15. The van der Waals surface area contributed by atoms with Gasteiger partial charge in [0.2, 0.25) is 0 Å². The van der Waals surface area contributed by atoms with Gasteiger partial charge in [0.05, 0.1) is 12.8 Å². The van der Waals surface area contributed by atoms with E-state index >= 15 is 0 Å². The molecule has 1 N–H and O–H groups in total. The zero-order valence-corrected chi connectivity index (χ0v) is 11.3. The highest BCUT2D eigenvalue weighted by Crippen LogP contribution is 2.23. The van der Waals surface area contributed by atoms with Gasteiger partial charge in [-0.2, -0.15) is 0 Å². The van der Waals surface area contributed by atoms with Crippen molar-refractivity contribution in [3.63, 3.8) is 0 Å². The average molecular weight is 252 g/mol. The van der Waals surface area contributed by atoms with Crippen molar-refractivity contribution in [2.75, 3.05) is 6.54 Å². The van der Waals surface area contributed by atoms with Crippen molar-refractivity contribution in [2.45, 2.75) is 44.4 Å². The minimum atomic E-state index is 0.368. The highest BCUT2D eigenvalue weighted by Gasteiger charge is 2.19. The molecule has 0 aliphatic carbocycles. The van der Waals surface area contributed by atoms with Crippen molar-refractivity contribution in [3.05, 3.63) is 24.2 Å². The molecule has 0 saturated carbocycles. The molecule has 2 unspecified atom stereocenters. The van der Waals surface area contributed by atoms with Crippen molar-refractivity contribution in [3.8, 4) is 0 Å². The fraction of sp³-hybridized carbons (Fsp3) is 0.615. The van der Waals surface area contributed by atoms with Crippen LogP contribution in [0.5, 0.6) is 0 Å². The monoisotopic (exact) mass is 252 g/mol. The largest absolute Gasteiger partial charge is 0.469 e. The van der Waals surface area contributed by atoms with E-state index in [1.165, 1.54) is 12.8 Å². The fourth-order valence-corrected chi connectivity index (χ4v) is 3.20. The van der Waals surface area contributed by atoms with Gasteiger partial charge in [-0.25, -0.2) is 0 Å². The molecule has 4 heteroatoms. The molecule has 1 aliphatic heterocycles. The zero-order chi connectivity index (χ0) is 12.1. The van der Waals surface area contributed by atoms with Crippen molar-refractivity contribution in [1.29, 1.82) is 0 Å². The molecule has 0 radical (unpaired) electrons. The molecule has 0 amide bonds. The SMILES string of the molecule is CCCC1CN=C(NC(C)Cc2ccco2)S1. The van der Waals surface area contributed by atoms with Crippen molar-refractivity contribution >= 4 is 16.9 Å². The zero-order valence-electron chi connectivity index (χ0n) is 10.5. The highest BCUT2D eigenvalue weighted by molar-refractivity contribution is 8.14. The molecule has 1 aromatic heterocycles. The van der Waals surface area contributed by atoms with E-state index in [0.29, 0.717) is 11.3 Å². The van der Waals surface area contributed by atoms with Gasteiger partial charge in [-0.1, -0.05) is 25.1 Å². The summed E-state index contributed by atoms with van der Waals surface area (Å²) in [6.07, 6.45) is 5.13. The smallest absolute Gasteiger partial charge is 0.157 e. The molecule has 2 heterocycles. The summed E-state index contributed by atoms with van der Waals surface area (Å²) in [6.45, 7) is 5.36. The quantitative estimate of drug-likeness (QED) is 0.875. The van der Waals surface area contributed by atoms with Crippen LogP contribution in [0.2, 0.25) is 0 Å². The first-order valence-corrected chi connectivity index (χ1v) is 7.16. The summed E-state index contributed by atoms with van der Waals surface area (Å²) in [5.74, 6) is 1.03. The van der Waals surface area contributed by atoms with Crippen LogP contribution >= 0.6 is 11.8 Å². The topological polar surface area (TPSA) is 37.5 Å². The Morgan fingerprint density at radius 2 is 2.53 bits per heavy atom. The lowest BCUT2D eigenvalue weighted by Gasteiger charge is -2.13. The second-order valence-electron chi connectivity index (χ2n) is 4.50. The number of hydrogen-bond acceptors (Lipinski definition) is 4. The fourth-order valence-electron chi connectivity index (χ4n) is 1.96. The number of amidine groups is 1. The van der Waals surface area contributed by atoms with Gasteiger partial charge >= 0.3 is 0 Å². The van der Waals surface area contributed by atoms with Gasteiger partial charge in [0.25, 0.3) is 0 Å². The molecular formula is C13H20N2OS. The van der Waals surface area contributed by atoms with Gasteiger partial charge in [-0.15, -0.1) is 0 Å². The Hall–Kier alpha value is -0.900. The predicted octanol–water partition coefficient (Wildman–Crippen LogP) is 3.07. The van der Waals surface area contributed by atoms with Gasteiger partial charge in [0.1, 0.15) is 5.76 Å². The summed E-state index contributed by atoms with van der Waals surface area (Å²) < 4.78 is 5.34. The van der Waals surface area contributed by atoms with Crippen LogP contribution in [0.15, 0.2) is 27.8 Å². The molecule has 17 heavy (non-hydrogen) atoms. The summed E-state index contributed by atoms with van der Waals surface area (Å²) in [7, 11) is 0. The molecule has 0 fully saturated rings. The van der Waals surface area contributed by atoms with Gasteiger partial charge in [0, 0.05) is 17.7 Å². The van der Waals surface area contributed by atoms with Gasteiger partial charge < -0.3 is 9.73 Å². The molecule has 2 rings (SSSR count). The first-order chi connectivity index (χ1) is 8.28. The van der Waals surface area contributed by atoms with E-state index in [9.17, 15) is 0 Å². The van der Waals surface area contributed by atoms with Crippen LogP contribution in [0.25, 0.3) is 0 Å².